The first-order valence-electron chi connectivity index (χ1n) is 9.82. The van der Waals surface area contributed by atoms with Crippen molar-refractivity contribution in [1.82, 2.24) is 10.2 Å². The third-order valence-electron chi connectivity index (χ3n) is 4.87. The molecular weight excluding hydrogens is 382 g/mol. The van der Waals surface area contributed by atoms with Gasteiger partial charge in [-0.2, -0.15) is 0 Å². The SMILES string of the molecule is COc1ccc(NC(=O)C2CCCN2C(=O)CNC(=O)/C=C/c2ccccc2)cc1. The number of nitrogens with one attached hydrogen (secondary N) is 2. The van der Waals surface area contributed by atoms with Crippen LogP contribution in [0.4, 0.5) is 5.69 Å². The number of hydrogen-bond donors (Lipinski definition) is 2. The Morgan fingerprint density at radius 3 is 2.53 bits per heavy atom. The minimum atomic E-state index is -0.545. The molecule has 1 fully saturated rings. The van der Waals surface area contributed by atoms with E-state index in [9.17, 15) is 14.4 Å². The van der Waals surface area contributed by atoms with Gasteiger partial charge in [-0.25, -0.2) is 0 Å². The molecule has 0 radical (unpaired) electrons. The van der Waals surface area contributed by atoms with Crippen molar-refractivity contribution < 1.29 is 19.1 Å². The maximum atomic E-state index is 12.6. The van der Waals surface area contributed by atoms with Gasteiger partial charge in [0.1, 0.15) is 11.8 Å². The lowest BCUT2D eigenvalue weighted by Gasteiger charge is -2.24. The molecule has 1 unspecified atom stereocenters. The molecule has 1 heterocycles. The van der Waals surface area contributed by atoms with Crippen LogP contribution in [0.2, 0.25) is 0 Å². The Kier molecular flexibility index (Phi) is 7.21. The van der Waals surface area contributed by atoms with Crippen LogP contribution in [0.25, 0.3) is 6.08 Å². The molecule has 156 valence electrons. The highest BCUT2D eigenvalue weighted by Crippen LogP contribution is 2.20. The van der Waals surface area contributed by atoms with Gasteiger partial charge in [0.25, 0.3) is 0 Å². The Morgan fingerprint density at radius 1 is 1.10 bits per heavy atom. The first-order valence-corrected chi connectivity index (χ1v) is 9.82. The number of likely N-dealkylation sites (tertiary alicyclic amines) is 1. The first kappa shape index (κ1) is 21.1. The van der Waals surface area contributed by atoms with Crippen molar-refractivity contribution in [3.8, 4) is 5.75 Å². The van der Waals surface area contributed by atoms with Gasteiger partial charge in [0.05, 0.1) is 13.7 Å². The zero-order valence-corrected chi connectivity index (χ0v) is 16.8. The minimum Gasteiger partial charge on any atom is -0.497 e. The van der Waals surface area contributed by atoms with Gasteiger partial charge >= 0.3 is 0 Å². The van der Waals surface area contributed by atoms with E-state index in [1.807, 2.05) is 30.3 Å². The Bertz CT molecular complexity index is 910. The van der Waals surface area contributed by atoms with Crippen LogP contribution in [0.15, 0.2) is 60.7 Å². The molecule has 7 heteroatoms. The number of anilines is 1. The molecule has 0 aromatic heterocycles. The Morgan fingerprint density at radius 2 is 1.83 bits per heavy atom. The zero-order chi connectivity index (χ0) is 21.3. The van der Waals surface area contributed by atoms with E-state index < -0.39 is 6.04 Å². The molecule has 3 rings (SSSR count). The number of methoxy groups -OCH3 is 1. The molecule has 2 N–H and O–H groups in total. The standard InChI is InChI=1S/C23H25N3O4/c1-30-19-12-10-18(11-13-19)25-23(29)20-8-5-15-26(20)22(28)16-24-21(27)14-9-17-6-3-2-4-7-17/h2-4,6-7,9-14,20H,5,8,15-16H2,1H3,(H,24,27)(H,25,29)/b14-9+. The Hall–Kier alpha value is -3.61. The molecule has 0 spiro atoms. The Labute approximate surface area is 175 Å². The van der Waals surface area contributed by atoms with E-state index >= 15 is 0 Å². The largest absolute Gasteiger partial charge is 0.497 e. The van der Waals surface area contributed by atoms with E-state index in [4.69, 9.17) is 4.74 Å². The van der Waals surface area contributed by atoms with Crippen molar-refractivity contribution in [2.45, 2.75) is 18.9 Å². The predicted molar refractivity (Wildman–Crippen MR) is 115 cm³/mol. The van der Waals surface area contributed by atoms with Crippen LogP contribution >= 0.6 is 0 Å². The summed E-state index contributed by atoms with van der Waals surface area (Å²) in [5.74, 6) is -0.168. The monoisotopic (exact) mass is 407 g/mol. The van der Waals surface area contributed by atoms with Gasteiger partial charge in [-0.05, 0) is 48.7 Å². The van der Waals surface area contributed by atoms with Crippen molar-refractivity contribution in [2.75, 3.05) is 25.5 Å². The van der Waals surface area contributed by atoms with Gasteiger partial charge in [-0.15, -0.1) is 0 Å². The van der Waals surface area contributed by atoms with Gasteiger partial charge in [0.15, 0.2) is 0 Å². The summed E-state index contributed by atoms with van der Waals surface area (Å²) in [6.45, 7) is 0.347. The highest BCUT2D eigenvalue weighted by molar-refractivity contribution is 5.99. The summed E-state index contributed by atoms with van der Waals surface area (Å²) in [4.78, 5) is 38.7. The van der Waals surface area contributed by atoms with Crippen molar-refractivity contribution >= 4 is 29.5 Å². The smallest absolute Gasteiger partial charge is 0.247 e. The highest BCUT2D eigenvalue weighted by Gasteiger charge is 2.33. The molecule has 30 heavy (non-hydrogen) atoms. The van der Waals surface area contributed by atoms with Crippen molar-refractivity contribution in [2.24, 2.45) is 0 Å². The maximum Gasteiger partial charge on any atom is 0.247 e. The molecule has 1 atom stereocenters. The summed E-state index contributed by atoms with van der Waals surface area (Å²) in [5.41, 5.74) is 1.54. The van der Waals surface area contributed by atoms with Crippen LogP contribution in [0.1, 0.15) is 18.4 Å². The van der Waals surface area contributed by atoms with E-state index in [0.29, 0.717) is 24.4 Å². The van der Waals surface area contributed by atoms with Crippen LogP contribution in [0.3, 0.4) is 0 Å². The van der Waals surface area contributed by atoms with Crippen LogP contribution in [-0.4, -0.2) is 48.9 Å². The van der Waals surface area contributed by atoms with Crippen LogP contribution in [0, 0.1) is 0 Å². The van der Waals surface area contributed by atoms with Gasteiger partial charge < -0.3 is 20.3 Å². The van der Waals surface area contributed by atoms with Gasteiger partial charge in [-0.1, -0.05) is 30.3 Å². The lowest BCUT2D eigenvalue weighted by molar-refractivity contribution is -0.136. The molecule has 7 nitrogen and oxygen atoms in total. The van der Waals surface area contributed by atoms with Crippen LogP contribution in [-0.2, 0) is 14.4 Å². The number of amides is 3. The molecule has 0 bridgehead atoms. The molecule has 2 aromatic rings. The van der Waals surface area contributed by atoms with Gasteiger partial charge in [-0.3, -0.25) is 14.4 Å². The lowest BCUT2D eigenvalue weighted by Crippen LogP contribution is -2.47. The molecular formula is C23H25N3O4. The maximum absolute atomic E-state index is 12.6. The second-order valence-corrected chi connectivity index (χ2v) is 6.92. The van der Waals surface area contributed by atoms with E-state index in [1.54, 1.807) is 37.5 Å². The van der Waals surface area contributed by atoms with Crippen LogP contribution in [0.5, 0.6) is 5.75 Å². The average molecular weight is 407 g/mol. The number of ether oxygens (including phenoxy) is 1. The normalized spacial score (nSPS) is 15.8. The molecule has 1 aliphatic rings. The van der Waals surface area contributed by atoms with Crippen molar-refractivity contribution in [3.63, 3.8) is 0 Å². The molecule has 0 saturated carbocycles. The lowest BCUT2D eigenvalue weighted by atomic mass is 10.2. The average Bonchev–Trinajstić information content (AvgIpc) is 3.27. The first-order chi connectivity index (χ1) is 14.6. The number of hydrogen-bond acceptors (Lipinski definition) is 4. The summed E-state index contributed by atoms with van der Waals surface area (Å²) in [5, 5.41) is 5.43. The highest BCUT2D eigenvalue weighted by atomic mass is 16.5. The third kappa shape index (κ3) is 5.70. The van der Waals surface area contributed by atoms with Gasteiger partial charge in [0, 0.05) is 18.3 Å². The molecule has 2 aromatic carbocycles. The van der Waals surface area contributed by atoms with Crippen molar-refractivity contribution in [1.29, 1.82) is 0 Å². The topological polar surface area (TPSA) is 87.7 Å². The van der Waals surface area contributed by atoms with Gasteiger partial charge in [0.2, 0.25) is 17.7 Å². The second-order valence-electron chi connectivity index (χ2n) is 6.92. The van der Waals surface area contributed by atoms with Crippen LogP contribution < -0.4 is 15.4 Å². The number of rotatable bonds is 7. The molecule has 3 amide bonds. The number of nitrogens with zero attached hydrogens (tertiary/aromatic N) is 1. The summed E-state index contributed by atoms with van der Waals surface area (Å²) in [7, 11) is 1.58. The third-order valence-corrected chi connectivity index (χ3v) is 4.87. The second kappa shape index (κ2) is 10.2. The van der Waals surface area contributed by atoms with E-state index in [-0.39, 0.29) is 24.3 Å². The minimum absolute atomic E-state index is 0.149. The molecule has 1 aliphatic heterocycles. The number of carbonyl (C=O) groups excluding carboxylic acids is 3. The summed E-state index contributed by atoms with van der Waals surface area (Å²) in [6, 6.07) is 15.9. The fraction of sp³-hybridized carbons (Fsp3) is 0.261. The fourth-order valence-electron chi connectivity index (χ4n) is 3.30. The fourth-order valence-corrected chi connectivity index (χ4v) is 3.30. The molecule has 0 aliphatic carbocycles. The quantitative estimate of drug-likeness (QED) is 0.690. The number of benzene rings is 2. The summed E-state index contributed by atoms with van der Waals surface area (Å²) < 4.78 is 5.11. The molecule has 1 saturated heterocycles. The zero-order valence-electron chi connectivity index (χ0n) is 16.8. The van der Waals surface area contributed by atoms with E-state index in [2.05, 4.69) is 10.6 Å². The number of carbonyl (C=O) groups is 3. The predicted octanol–water partition coefficient (Wildman–Crippen LogP) is 2.45. The van der Waals surface area contributed by atoms with Crippen molar-refractivity contribution in [3.05, 3.63) is 66.2 Å². The van der Waals surface area contributed by atoms with E-state index in [1.165, 1.54) is 11.0 Å². The Balaban J connectivity index is 1.51. The van der Waals surface area contributed by atoms with E-state index in [0.717, 1.165) is 12.0 Å². The summed E-state index contributed by atoms with van der Waals surface area (Å²) >= 11 is 0. The summed E-state index contributed by atoms with van der Waals surface area (Å²) in [6.07, 6.45) is 4.41.